The zero-order valence-corrected chi connectivity index (χ0v) is 8.82. The molecule has 1 aliphatic rings. The topological polar surface area (TPSA) is 41.5 Å². The Morgan fingerprint density at radius 3 is 3.06 bits per heavy atom. The van der Waals surface area contributed by atoms with Gasteiger partial charge in [0.05, 0.1) is 6.04 Å². The summed E-state index contributed by atoms with van der Waals surface area (Å²) in [5, 5.41) is 3.21. The van der Waals surface area contributed by atoms with Crippen LogP contribution in [0.15, 0.2) is 29.3 Å². The second kappa shape index (κ2) is 5.01. The number of nitrogens with zero attached hydrogens (tertiary/aromatic N) is 1. The maximum Gasteiger partial charge on any atom is 0.235 e. The third-order valence-corrected chi connectivity index (χ3v) is 2.93. The van der Waals surface area contributed by atoms with Gasteiger partial charge in [-0.2, -0.15) is 4.99 Å². The van der Waals surface area contributed by atoms with Crippen molar-refractivity contribution in [1.82, 2.24) is 5.32 Å². The highest BCUT2D eigenvalue weighted by Gasteiger charge is 2.26. The molecule has 0 spiro atoms. The molecule has 2 rings (SSSR count). The molecule has 4 heteroatoms. The van der Waals surface area contributed by atoms with E-state index in [0.717, 1.165) is 25.1 Å². The molecular formula is C12H13FN2O. The number of hydrogen-bond acceptors (Lipinski definition) is 3. The van der Waals surface area contributed by atoms with Crippen LogP contribution >= 0.6 is 0 Å². The first kappa shape index (κ1) is 11.0. The number of halogens is 1. The van der Waals surface area contributed by atoms with E-state index in [4.69, 9.17) is 0 Å². The molecule has 2 atom stereocenters. The second-order valence-electron chi connectivity index (χ2n) is 3.97. The van der Waals surface area contributed by atoms with Crippen molar-refractivity contribution in [2.24, 2.45) is 10.9 Å². The smallest absolute Gasteiger partial charge is 0.235 e. The summed E-state index contributed by atoms with van der Waals surface area (Å²) in [7, 11) is 0. The monoisotopic (exact) mass is 220 g/mol. The molecular weight excluding hydrogens is 207 g/mol. The molecule has 1 heterocycles. The van der Waals surface area contributed by atoms with Crippen LogP contribution in [0.4, 0.5) is 4.39 Å². The fourth-order valence-corrected chi connectivity index (χ4v) is 2.15. The maximum atomic E-state index is 13.1. The zero-order valence-electron chi connectivity index (χ0n) is 8.82. The Morgan fingerprint density at radius 2 is 2.44 bits per heavy atom. The van der Waals surface area contributed by atoms with Crippen molar-refractivity contribution in [2.75, 3.05) is 13.1 Å². The Balaban J connectivity index is 2.27. The summed E-state index contributed by atoms with van der Waals surface area (Å²) >= 11 is 0. The van der Waals surface area contributed by atoms with Crippen LogP contribution in [0.25, 0.3) is 0 Å². The van der Waals surface area contributed by atoms with Gasteiger partial charge in [-0.1, -0.05) is 12.1 Å². The molecule has 84 valence electrons. The highest BCUT2D eigenvalue weighted by Crippen LogP contribution is 2.30. The van der Waals surface area contributed by atoms with Crippen LogP contribution in [-0.4, -0.2) is 19.2 Å². The molecule has 0 radical (unpaired) electrons. The Hall–Kier alpha value is -1.51. The van der Waals surface area contributed by atoms with Crippen molar-refractivity contribution in [1.29, 1.82) is 0 Å². The Kier molecular flexibility index (Phi) is 3.44. The van der Waals surface area contributed by atoms with E-state index in [0.29, 0.717) is 0 Å². The largest absolute Gasteiger partial charge is 0.316 e. The van der Waals surface area contributed by atoms with Gasteiger partial charge in [-0.3, -0.25) is 0 Å². The van der Waals surface area contributed by atoms with Crippen LogP contribution in [0, 0.1) is 11.7 Å². The van der Waals surface area contributed by atoms with Gasteiger partial charge in [-0.05, 0) is 36.6 Å². The minimum absolute atomic E-state index is 0.253. The average molecular weight is 220 g/mol. The SMILES string of the molecule is O=C=NC(c1cccc(F)c1)C1CCNC1. The number of rotatable bonds is 3. The molecule has 0 bridgehead atoms. The van der Waals surface area contributed by atoms with Gasteiger partial charge < -0.3 is 5.32 Å². The lowest BCUT2D eigenvalue weighted by atomic mass is 9.93. The molecule has 1 saturated heterocycles. The van der Waals surface area contributed by atoms with E-state index in [1.807, 2.05) is 0 Å². The fourth-order valence-electron chi connectivity index (χ4n) is 2.15. The van der Waals surface area contributed by atoms with Gasteiger partial charge in [0.15, 0.2) is 0 Å². The summed E-state index contributed by atoms with van der Waals surface area (Å²) in [5.41, 5.74) is 0.747. The lowest BCUT2D eigenvalue weighted by Crippen LogP contribution is -2.15. The average Bonchev–Trinajstić information content (AvgIpc) is 2.79. The number of carbonyl (C=O) groups excluding carboxylic acids is 1. The first-order valence-electron chi connectivity index (χ1n) is 5.34. The van der Waals surface area contributed by atoms with Gasteiger partial charge in [0.2, 0.25) is 6.08 Å². The summed E-state index contributed by atoms with van der Waals surface area (Å²) < 4.78 is 13.1. The summed E-state index contributed by atoms with van der Waals surface area (Å²) in [4.78, 5) is 14.2. The predicted molar refractivity (Wildman–Crippen MR) is 58.2 cm³/mol. The van der Waals surface area contributed by atoms with Crippen molar-refractivity contribution in [3.63, 3.8) is 0 Å². The van der Waals surface area contributed by atoms with Crippen LogP contribution in [-0.2, 0) is 4.79 Å². The van der Waals surface area contributed by atoms with E-state index in [9.17, 15) is 9.18 Å². The predicted octanol–water partition coefficient (Wildman–Crippen LogP) is 1.81. The number of aliphatic imine (C=N–C) groups is 1. The lowest BCUT2D eigenvalue weighted by molar-refractivity contribution is 0.463. The molecule has 0 saturated carbocycles. The van der Waals surface area contributed by atoms with E-state index >= 15 is 0 Å². The standard InChI is InChI=1S/C12H13FN2O/c13-11-3-1-2-9(6-11)12(15-8-16)10-4-5-14-7-10/h1-3,6,10,12,14H,4-5,7H2. The van der Waals surface area contributed by atoms with Crippen LogP contribution in [0.3, 0.4) is 0 Å². The molecule has 16 heavy (non-hydrogen) atoms. The number of hydrogen-bond donors (Lipinski definition) is 1. The third-order valence-electron chi connectivity index (χ3n) is 2.93. The minimum Gasteiger partial charge on any atom is -0.316 e. The minimum atomic E-state index is -0.297. The molecule has 3 nitrogen and oxygen atoms in total. The van der Waals surface area contributed by atoms with Crippen LogP contribution in [0.1, 0.15) is 18.0 Å². The van der Waals surface area contributed by atoms with Gasteiger partial charge >= 0.3 is 0 Å². The van der Waals surface area contributed by atoms with Gasteiger partial charge in [0.1, 0.15) is 5.82 Å². The molecule has 0 aromatic heterocycles. The van der Waals surface area contributed by atoms with E-state index < -0.39 is 0 Å². The van der Waals surface area contributed by atoms with Gasteiger partial charge in [0, 0.05) is 6.54 Å². The van der Waals surface area contributed by atoms with Gasteiger partial charge in [-0.15, -0.1) is 0 Å². The highest BCUT2D eigenvalue weighted by molar-refractivity contribution is 5.36. The first-order valence-corrected chi connectivity index (χ1v) is 5.34. The van der Waals surface area contributed by atoms with Crippen molar-refractivity contribution in [3.05, 3.63) is 35.6 Å². The molecule has 1 N–H and O–H groups in total. The molecule has 0 amide bonds. The molecule has 1 aromatic rings. The molecule has 0 aliphatic carbocycles. The normalized spacial score (nSPS) is 21.4. The molecule has 1 fully saturated rings. The van der Waals surface area contributed by atoms with E-state index in [1.54, 1.807) is 18.2 Å². The second-order valence-corrected chi connectivity index (χ2v) is 3.97. The first-order chi connectivity index (χ1) is 7.81. The van der Waals surface area contributed by atoms with Crippen molar-refractivity contribution >= 4 is 6.08 Å². The van der Waals surface area contributed by atoms with E-state index in [-0.39, 0.29) is 17.8 Å². The number of benzene rings is 1. The summed E-state index contributed by atoms with van der Waals surface area (Å²) in [6.07, 6.45) is 2.54. The Bertz CT molecular complexity index is 409. The van der Waals surface area contributed by atoms with Crippen LogP contribution in [0.5, 0.6) is 0 Å². The maximum absolute atomic E-state index is 13.1. The van der Waals surface area contributed by atoms with Gasteiger partial charge in [0.25, 0.3) is 0 Å². The molecule has 2 unspecified atom stereocenters. The molecule has 1 aliphatic heterocycles. The zero-order chi connectivity index (χ0) is 11.4. The number of nitrogens with one attached hydrogen (secondary N) is 1. The molecule has 1 aromatic carbocycles. The van der Waals surface area contributed by atoms with Crippen LogP contribution < -0.4 is 5.32 Å². The van der Waals surface area contributed by atoms with Crippen LogP contribution in [0.2, 0.25) is 0 Å². The van der Waals surface area contributed by atoms with E-state index in [1.165, 1.54) is 12.1 Å². The van der Waals surface area contributed by atoms with Crippen molar-refractivity contribution < 1.29 is 9.18 Å². The summed E-state index contributed by atoms with van der Waals surface area (Å²) in [6, 6.07) is 5.98. The lowest BCUT2D eigenvalue weighted by Gasteiger charge is -2.17. The van der Waals surface area contributed by atoms with E-state index in [2.05, 4.69) is 10.3 Å². The van der Waals surface area contributed by atoms with Gasteiger partial charge in [-0.25, -0.2) is 9.18 Å². The fraction of sp³-hybridized carbons (Fsp3) is 0.417. The Labute approximate surface area is 93.4 Å². The summed E-state index contributed by atoms with van der Waals surface area (Å²) in [5.74, 6) is -0.0437. The third kappa shape index (κ3) is 2.35. The summed E-state index contributed by atoms with van der Waals surface area (Å²) in [6.45, 7) is 1.73. The Morgan fingerprint density at radius 1 is 1.56 bits per heavy atom. The van der Waals surface area contributed by atoms with Crippen molar-refractivity contribution in [2.45, 2.75) is 12.5 Å². The highest BCUT2D eigenvalue weighted by atomic mass is 19.1. The quantitative estimate of drug-likeness (QED) is 0.623. The number of isocyanates is 1. The van der Waals surface area contributed by atoms with Crippen molar-refractivity contribution in [3.8, 4) is 0 Å².